The van der Waals surface area contributed by atoms with Crippen molar-refractivity contribution >= 4 is 40.3 Å². The summed E-state index contributed by atoms with van der Waals surface area (Å²) in [5.74, 6) is -1.49. The topological polar surface area (TPSA) is 63.8 Å². The summed E-state index contributed by atoms with van der Waals surface area (Å²) in [7, 11) is 0. The minimum Gasteiger partial charge on any atom is -0.389 e. The molecule has 0 saturated heterocycles. The highest BCUT2D eigenvalue weighted by molar-refractivity contribution is 7.80. The Morgan fingerprint density at radius 2 is 2.11 bits per heavy atom. The number of aromatic nitrogens is 2. The van der Waals surface area contributed by atoms with Gasteiger partial charge in [0.2, 0.25) is 0 Å². The van der Waals surface area contributed by atoms with Gasteiger partial charge in [-0.2, -0.15) is 5.10 Å². The highest BCUT2D eigenvalue weighted by Crippen LogP contribution is 2.29. The lowest BCUT2D eigenvalue weighted by Gasteiger charge is -2.11. The maximum absolute atomic E-state index is 13.6. The van der Waals surface area contributed by atoms with Crippen LogP contribution in [0.4, 0.5) is 20.3 Å². The summed E-state index contributed by atoms with van der Waals surface area (Å²) in [5.41, 5.74) is 5.76. The number of nitrogens with zero attached hydrogens (tertiary/aromatic N) is 2. The van der Waals surface area contributed by atoms with E-state index in [9.17, 15) is 8.78 Å². The number of benzene rings is 1. The Hall–Kier alpha value is -1.86. The van der Waals surface area contributed by atoms with Crippen molar-refractivity contribution in [1.29, 1.82) is 0 Å². The first-order valence-electron chi connectivity index (χ1n) is 5.02. The molecule has 3 N–H and O–H groups in total. The lowest BCUT2D eigenvalue weighted by molar-refractivity contribution is 0.586. The monoisotopic (exact) mass is 300 g/mol. The van der Waals surface area contributed by atoms with E-state index >= 15 is 0 Å². The highest BCUT2D eigenvalue weighted by atomic mass is 35.5. The van der Waals surface area contributed by atoms with E-state index in [-0.39, 0.29) is 21.5 Å². The van der Waals surface area contributed by atoms with E-state index in [0.717, 1.165) is 6.07 Å². The van der Waals surface area contributed by atoms with Gasteiger partial charge in [-0.15, -0.1) is 5.10 Å². The molecule has 98 valence electrons. The molecule has 1 aromatic heterocycles. The summed E-state index contributed by atoms with van der Waals surface area (Å²) in [6, 6.07) is 3.20. The quantitative estimate of drug-likeness (QED) is 0.853. The Balaban J connectivity index is 2.45. The van der Waals surface area contributed by atoms with E-state index in [1.54, 1.807) is 0 Å². The Labute approximate surface area is 117 Å². The number of nitrogens with two attached hydrogens (primary N) is 1. The standard InChI is InChI=1S/C11H7ClF2N4S/c12-7-3-5(13)4-8(14)9(7)17-11-6(10(15)19)1-2-16-18-11/h1-4H,(H2,15,19)(H,17,18). The SMILES string of the molecule is NC(=S)c1ccnnc1Nc1c(F)cc(F)cc1Cl. The Bertz CT molecular complexity index is 627. The highest BCUT2D eigenvalue weighted by Gasteiger charge is 2.14. The third-order valence-electron chi connectivity index (χ3n) is 2.24. The van der Waals surface area contributed by atoms with Crippen LogP contribution >= 0.6 is 23.8 Å². The minimum atomic E-state index is -0.857. The summed E-state index contributed by atoms with van der Waals surface area (Å²) in [5, 5.41) is 9.86. The van der Waals surface area contributed by atoms with Crippen molar-refractivity contribution in [2.24, 2.45) is 5.73 Å². The van der Waals surface area contributed by atoms with Crippen molar-refractivity contribution < 1.29 is 8.78 Å². The molecule has 0 bridgehead atoms. The molecule has 0 spiro atoms. The summed E-state index contributed by atoms with van der Waals surface area (Å²) in [6.07, 6.45) is 1.39. The molecule has 8 heteroatoms. The molecule has 4 nitrogen and oxygen atoms in total. The molecule has 1 heterocycles. The number of rotatable bonds is 3. The maximum Gasteiger partial charge on any atom is 0.163 e. The average molecular weight is 301 g/mol. The molecule has 0 aliphatic carbocycles. The van der Waals surface area contributed by atoms with E-state index in [1.165, 1.54) is 12.3 Å². The van der Waals surface area contributed by atoms with Crippen LogP contribution in [0.1, 0.15) is 5.56 Å². The fourth-order valence-corrected chi connectivity index (χ4v) is 1.81. The molecule has 1 aromatic carbocycles. The van der Waals surface area contributed by atoms with Crippen LogP contribution in [0.15, 0.2) is 24.4 Å². The van der Waals surface area contributed by atoms with Crippen LogP contribution in [0.25, 0.3) is 0 Å². The van der Waals surface area contributed by atoms with Gasteiger partial charge in [0.05, 0.1) is 22.5 Å². The van der Waals surface area contributed by atoms with E-state index in [1.807, 2.05) is 0 Å². The van der Waals surface area contributed by atoms with Gasteiger partial charge in [0.1, 0.15) is 10.8 Å². The predicted octanol–water partition coefficient (Wildman–Crippen LogP) is 2.79. The largest absolute Gasteiger partial charge is 0.389 e. The third kappa shape index (κ3) is 2.94. The van der Waals surface area contributed by atoms with E-state index in [4.69, 9.17) is 29.6 Å². The number of nitrogens with one attached hydrogen (secondary N) is 1. The summed E-state index contributed by atoms with van der Waals surface area (Å²) in [6.45, 7) is 0. The molecule has 0 saturated carbocycles. The lowest BCUT2D eigenvalue weighted by atomic mass is 10.2. The molecule has 0 unspecified atom stereocenters. The van der Waals surface area contributed by atoms with Gasteiger partial charge in [-0.05, 0) is 12.1 Å². The van der Waals surface area contributed by atoms with Crippen molar-refractivity contribution in [3.05, 3.63) is 46.6 Å². The van der Waals surface area contributed by atoms with E-state index in [2.05, 4.69) is 15.5 Å². The molecular weight excluding hydrogens is 294 g/mol. The third-order valence-corrected chi connectivity index (χ3v) is 2.75. The Morgan fingerprint density at radius 1 is 1.37 bits per heavy atom. The lowest BCUT2D eigenvalue weighted by Crippen LogP contribution is -2.13. The maximum atomic E-state index is 13.6. The zero-order chi connectivity index (χ0) is 14.0. The molecule has 2 aromatic rings. The predicted molar refractivity (Wildman–Crippen MR) is 72.6 cm³/mol. The first-order chi connectivity index (χ1) is 8.99. The number of halogens is 3. The fourth-order valence-electron chi connectivity index (χ4n) is 1.40. The molecule has 0 atom stereocenters. The first-order valence-corrected chi connectivity index (χ1v) is 5.80. The van der Waals surface area contributed by atoms with E-state index in [0.29, 0.717) is 11.6 Å². The molecule has 0 aliphatic heterocycles. The van der Waals surface area contributed by atoms with Crippen molar-refractivity contribution in [3.8, 4) is 0 Å². The van der Waals surface area contributed by atoms with Gasteiger partial charge < -0.3 is 11.1 Å². The number of hydrogen-bond acceptors (Lipinski definition) is 4. The smallest absolute Gasteiger partial charge is 0.163 e. The van der Waals surface area contributed by atoms with Crippen molar-refractivity contribution in [2.45, 2.75) is 0 Å². The van der Waals surface area contributed by atoms with Gasteiger partial charge in [-0.25, -0.2) is 8.78 Å². The van der Waals surface area contributed by atoms with Crippen molar-refractivity contribution in [3.63, 3.8) is 0 Å². The van der Waals surface area contributed by atoms with Crippen LogP contribution in [-0.2, 0) is 0 Å². The van der Waals surface area contributed by atoms with Gasteiger partial charge in [0.15, 0.2) is 11.6 Å². The zero-order valence-corrected chi connectivity index (χ0v) is 10.9. The molecule has 0 aliphatic rings. The second-order valence-electron chi connectivity index (χ2n) is 3.53. The van der Waals surface area contributed by atoms with Gasteiger partial charge in [-0.1, -0.05) is 23.8 Å². The molecule has 0 amide bonds. The molecular formula is C11H7ClF2N4S. The summed E-state index contributed by atoms with van der Waals surface area (Å²) in [4.78, 5) is 0.0658. The Kier molecular flexibility index (Phi) is 3.87. The molecule has 2 rings (SSSR count). The summed E-state index contributed by atoms with van der Waals surface area (Å²) < 4.78 is 26.6. The molecule has 0 fully saturated rings. The van der Waals surface area contributed by atoms with Gasteiger partial charge in [0.25, 0.3) is 0 Å². The van der Waals surface area contributed by atoms with Crippen molar-refractivity contribution in [2.75, 3.05) is 5.32 Å². The number of hydrogen-bond donors (Lipinski definition) is 2. The second-order valence-corrected chi connectivity index (χ2v) is 4.37. The van der Waals surface area contributed by atoms with Crippen LogP contribution in [0, 0.1) is 11.6 Å². The van der Waals surface area contributed by atoms with Gasteiger partial charge >= 0.3 is 0 Å². The second kappa shape index (κ2) is 5.41. The van der Waals surface area contributed by atoms with Gasteiger partial charge in [0, 0.05) is 6.07 Å². The van der Waals surface area contributed by atoms with E-state index < -0.39 is 11.6 Å². The normalized spacial score (nSPS) is 10.3. The minimum absolute atomic E-state index is 0.0658. The van der Waals surface area contributed by atoms with Crippen LogP contribution in [0.2, 0.25) is 5.02 Å². The average Bonchev–Trinajstić information content (AvgIpc) is 2.34. The van der Waals surface area contributed by atoms with Crippen LogP contribution in [0.5, 0.6) is 0 Å². The molecule has 19 heavy (non-hydrogen) atoms. The first kappa shape index (κ1) is 13.6. The number of thiocarbonyl (C=S) groups is 1. The Morgan fingerprint density at radius 3 is 2.74 bits per heavy atom. The van der Waals surface area contributed by atoms with Crippen LogP contribution in [-0.4, -0.2) is 15.2 Å². The van der Waals surface area contributed by atoms with Gasteiger partial charge in [-0.3, -0.25) is 0 Å². The zero-order valence-electron chi connectivity index (χ0n) is 9.32. The fraction of sp³-hybridized carbons (Fsp3) is 0. The van der Waals surface area contributed by atoms with Crippen molar-refractivity contribution in [1.82, 2.24) is 10.2 Å². The number of anilines is 2. The summed E-state index contributed by atoms with van der Waals surface area (Å²) >= 11 is 10.6. The van der Waals surface area contributed by atoms with Crippen LogP contribution in [0.3, 0.4) is 0 Å². The van der Waals surface area contributed by atoms with Crippen LogP contribution < -0.4 is 11.1 Å². The molecule has 0 radical (unpaired) electrons.